The molecule has 0 spiro atoms. The number of hydrogen-bond acceptors (Lipinski definition) is 4. The normalized spacial score (nSPS) is 20.4. The summed E-state index contributed by atoms with van der Waals surface area (Å²) in [5, 5.41) is 1.13. The van der Waals surface area contributed by atoms with Crippen molar-refractivity contribution in [2.75, 3.05) is 11.9 Å². The van der Waals surface area contributed by atoms with Crippen LogP contribution in [0, 0.1) is 0 Å². The number of rotatable bonds is 1. The van der Waals surface area contributed by atoms with Gasteiger partial charge in [0.25, 0.3) is 0 Å². The fraction of sp³-hybridized carbons (Fsp3) is 0.250. The van der Waals surface area contributed by atoms with E-state index < -0.39 is 5.91 Å². The topological polar surface area (TPSA) is 53.0 Å². The molecule has 3 aromatic rings. The Labute approximate surface area is 222 Å². The molecular weight excluding hydrogens is 570 g/mol. The van der Waals surface area contributed by atoms with Crippen LogP contribution in [-0.2, 0) is 20.4 Å². The molecule has 0 saturated heterocycles. The number of carbonyl (C=O) groups excluding carboxylic acids is 2. The number of nitrogens with zero attached hydrogens (tertiary/aromatic N) is 3. The van der Waals surface area contributed by atoms with Gasteiger partial charge in [0.05, 0.1) is 0 Å². The summed E-state index contributed by atoms with van der Waals surface area (Å²) >= 11 is 3.21. The average Bonchev–Trinajstić information content (AvgIpc) is 3.25. The number of fused-ring (bicyclic) bond motifs is 4. The second-order valence-electron chi connectivity index (χ2n) is 10.3. The van der Waals surface area contributed by atoms with Gasteiger partial charge < -0.3 is 0 Å². The summed E-state index contributed by atoms with van der Waals surface area (Å²) in [6.07, 6.45) is 1.71. The number of aliphatic imine (C=N–C) groups is 1. The number of benzene rings is 2. The van der Waals surface area contributed by atoms with E-state index in [1.807, 2.05) is 0 Å². The van der Waals surface area contributed by atoms with Crippen molar-refractivity contribution in [3.8, 4) is 0 Å². The first kappa shape index (κ1) is 22.7. The second kappa shape index (κ2) is 7.39. The summed E-state index contributed by atoms with van der Waals surface area (Å²) in [7, 11) is 1.65. The van der Waals surface area contributed by atoms with Crippen LogP contribution in [0.2, 0.25) is 0 Å². The monoisotopic (exact) mass is 596 g/mol. The van der Waals surface area contributed by atoms with Crippen molar-refractivity contribution in [3.05, 3.63) is 81.2 Å². The molecule has 1 aromatic heterocycles. The van der Waals surface area contributed by atoms with Gasteiger partial charge in [0.1, 0.15) is 0 Å². The number of carbonyl (C=O) groups is 2. The number of amides is 2. The Morgan fingerprint density at radius 2 is 1.54 bits per heavy atom. The molecule has 3 aliphatic heterocycles. The third-order valence-corrected chi connectivity index (χ3v) is 9.68. The van der Waals surface area contributed by atoms with Crippen LogP contribution < -0.4 is 4.90 Å². The Morgan fingerprint density at radius 1 is 0.914 bits per heavy atom. The van der Waals surface area contributed by atoms with Crippen molar-refractivity contribution in [1.82, 2.24) is 4.90 Å². The van der Waals surface area contributed by atoms with Crippen LogP contribution in [0.3, 0.4) is 0 Å². The number of amidine groups is 1. The van der Waals surface area contributed by atoms with Crippen molar-refractivity contribution < 1.29 is 9.59 Å². The van der Waals surface area contributed by atoms with Crippen molar-refractivity contribution in [2.45, 2.75) is 38.5 Å². The van der Waals surface area contributed by atoms with Gasteiger partial charge in [-0.25, -0.2) is 0 Å². The second-order valence-corrected chi connectivity index (χ2v) is 12.4. The summed E-state index contributed by atoms with van der Waals surface area (Å²) in [6, 6.07) is 17.4. The average molecular weight is 594 g/mol. The summed E-state index contributed by atoms with van der Waals surface area (Å²) < 4.78 is 0.426. The number of para-hydroxylation sites is 2. The maximum atomic E-state index is 12.9. The Morgan fingerprint density at radius 3 is 2.26 bits per heavy atom. The SMILES string of the molecule is CN1C(=O)/C(=C/c2cc3c(s2)N2c4ccccc4C(C)(C)c4cccc(c42)C3(C)C)C(=O)N=C1[Te]. The van der Waals surface area contributed by atoms with Gasteiger partial charge in [0, 0.05) is 0 Å². The van der Waals surface area contributed by atoms with Crippen LogP contribution in [0.5, 0.6) is 0 Å². The maximum absolute atomic E-state index is 12.9. The third-order valence-electron chi connectivity index (χ3n) is 7.57. The standard InChI is InChI=1S/C28H24N3O2STe/c1-27(2)17-9-6-7-12-21(17)31-22-18(27)10-8-11-19(22)28(3,4)20-14-15(34-25(20)31)13-16-23(32)29-26(35)30(5)24(16)33/h6-14H,1-5H3/b16-13+. The molecule has 2 amide bonds. The summed E-state index contributed by atoms with van der Waals surface area (Å²) in [5.74, 6) is -0.791. The summed E-state index contributed by atoms with van der Waals surface area (Å²) in [4.78, 5) is 34.2. The zero-order chi connectivity index (χ0) is 24.9. The molecule has 0 bridgehead atoms. The number of thiophene rings is 1. The summed E-state index contributed by atoms with van der Waals surface area (Å²) in [6.45, 7) is 9.11. The Balaban J connectivity index is 1.60. The van der Waals surface area contributed by atoms with E-state index in [-0.39, 0.29) is 22.3 Å². The predicted molar refractivity (Wildman–Crippen MR) is 142 cm³/mol. The first-order valence-electron chi connectivity index (χ1n) is 11.5. The van der Waals surface area contributed by atoms with Crippen molar-refractivity contribution in [3.63, 3.8) is 0 Å². The van der Waals surface area contributed by atoms with E-state index in [0.717, 1.165) is 9.88 Å². The van der Waals surface area contributed by atoms with Gasteiger partial charge in [-0.3, -0.25) is 0 Å². The molecule has 0 fully saturated rings. The van der Waals surface area contributed by atoms with E-state index in [1.54, 1.807) is 46.8 Å². The molecular formula is C28H24N3O2STe. The molecule has 4 heterocycles. The first-order chi connectivity index (χ1) is 16.5. The number of likely N-dealkylation sites (N-methyl/N-ethyl adjacent to an activating group) is 1. The van der Waals surface area contributed by atoms with Crippen molar-refractivity contribution in [2.24, 2.45) is 4.99 Å². The van der Waals surface area contributed by atoms with E-state index in [1.165, 1.54) is 38.5 Å². The quantitative estimate of drug-likeness (QED) is 0.216. The minimum absolute atomic E-state index is 0.106. The van der Waals surface area contributed by atoms with Crippen LogP contribution in [0.4, 0.5) is 16.4 Å². The molecule has 2 aromatic carbocycles. The zero-order valence-electron chi connectivity index (χ0n) is 20.2. The Bertz CT molecular complexity index is 1530. The Hall–Kier alpha value is -2.72. The van der Waals surface area contributed by atoms with Gasteiger partial charge in [-0.2, -0.15) is 0 Å². The van der Waals surface area contributed by atoms with Gasteiger partial charge in [-0.05, 0) is 0 Å². The van der Waals surface area contributed by atoms with Gasteiger partial charge in [-0.15, -0.1) is 0 Å². The molecule has 0 saturated carbocycles. The van der Waals surface area contributed by atoms with Crippen LogP contribution in [0.1, 0.15) is 54.8 Å². The fourth-order valence-electron chi connectivity index (χ4n) is 5.54. The van der Waals surface area contributed by atoms with E-state index in [9.17, 15) is 9.59 Å². The molecule has 6 rings (SSSR count). The van der Waals surface area contributed by atoms with Crippen LogP contribution in [0.15, 0.2) is 59.1 Å². The molecule has 1 radical (unpaired) electrons. The van der Waals surface area contributed by atoms with Crippen molar-refractivity contribution >= 4 is 71.8 Å². The van der Waals surface area contributed by atoms with Gasteiger partial charge >= 0.3 is 203 Å². The fourth-order valence-corrected chi connectivity index (χ4v) is 7.30. The van der Waals surface area contributed by atoms with E-state index in [4.69, 9.17) is 0 Å². The zero-order valence-corrected chi connectivity index (χ0v) is 23.3. The van der Waals surface area contributed by atoms with E-state index in [0.29, 0.717) is 3.88 Å². The van der Waals surface area contributed by atoms with E-state index in [2.05, 4.69) is 86.1 Å². The van der Waals surface area contributed by atoms with E-state index >= 15 is 0 Å². The molecule has 35 heavy (non-hydrogen) atoms. The molecule has 175 valence electrons. The Kier molecular flexibility index (Phi) is 4.80. The molecule has 0 aliphatic carbocycles. The summed E-state index contributed by atoms with van der Waals surface area (Å²) in [5.41, 5.74) is 7.24. The van der Waals surface area contributed by atoms with Gasteiger partial charge in [0.2, 0.25) is 0 Å². The molecule has 0 N–H and O–H groups in total. The van der Waals surface area contributed by atoms with Gasteiger partial charge in [-0.1, -0.05) is 19.9 Å². The number of anilines is 3. The molecule has 5 nitrogen and oxygen atoms in total. The molecule has 3 aliphatic rings. The predicted octanol–water partition coefficient (Wildman–Crippen LogP) is 5.40. The third kappa shape index (κ3) is 3.02. The van der Waals surface area contributed by atoms with Crippen molar-refractivity contribution in [1.29, 1.82) is 0 Å². The number of hydrogen-bond donors (Lipinski definition) is 0. The minimum atomic E-state index is -0.477. The van der Waals surface area contributed by atoms with Crippen LogP contribution in [-0.4, -0.2) is 49.9 Å². The molecule has 7 heteroatoms. The first-order valence-corrected chi connectivity index (χ1v) is 13.5. The molecule has 0 atom stereocenters. The van der Waals surface area contributed by atoms with Crippen LogP contribution in [0.25, 0.3) is 6.08 Å². The molecule has 0 unspecified atom stereocenters. The van der Waals surface area contributed by atoms with Gasteiger partial charge in [0.15, 0.2) is 0 Å². The van der Waals surface area contributed by atoms with Crippen LogP contribution >= 0.6 is 11.3 Å².